The Hall–Kier alpha value is -0.610. The lowest BCUT2D eigenvalue weighted by atomic mass is 10.2. The Balaban J connectivity index is 2.42. The van der Waals surface area contributed by atoms with Crippen LogP contribution in [-0.2, 0) is 0 Å². The fourth-order valence-corrected chi connectivity index (χ4v) is 4.92. The third kappa shape index (κ3) is 3.05. The van der Waals surface area contributed by atoms with Gasteiger partial charge >= 0.3 is 0 Å². The maximum Gasteiger partial charge on any atom is 0.266 e. The highest BCUT2D eigenvalue weighted by Gasteiger charge is 2.15. The number of thioether (sulfide) groups is 1. The molecule has 0 aliphatic heterocycles. The summed E-state index contributed by atoms with van der Waals surface area (Å²) in [7, 11) is 0. The average Bonchev–Trinajstić information content (AvgIpc) is 2.50. The number of benzene rings is 2. The quantitative estimate of drug-likeness (QED) is 0.278. The van der Waals surface area contributed by atoms with Crippen molar-refractivity contribution in [3.63, 3.8) is 0 Å². The second kappa shape index (κ2) is 6.88. The van der Waals surface area contributed by atoms with Crippen molar-refractivity contribution in [3.8, 4) is 5.69 Å². The summed E-state index contributed by atoms with van der Waals surface area (Å²) in [5, 5.41) is 1.41. The standard InChI is InChI=1S/C16H12I2N2OS/c1-2-22-16-19-14-12(8-10(17)9-13(14)18)15(21)20(16)11-6-4-3-5-7-11/h3-9H,2H2,1H3. The highest BCUT2D eigenvalue weighted by atomic mass is 127. The van der Waals surface area contributed by atoms with Crippen molar-refractivity contribution in [1.29, 1.82) is 0 Å². The van der Waals surface area contributed by atoms with Gasteiger partial charge in [-0.25, -0.2) is 4.98 Å². The highest BCUT2D eigenvalue weighted by Crippen LogP contribution is 2.25. The number of hydrogen-bond donors (Lipinski definition) is 0. The first-order valence-corrected chi connectivity index (χ1v) is 9.86. The minimum Gasteiger partial charge on any atom is -0.268 e. The van der Waals surface area contributed by atoms with Gasteiger partial charge in [0.05, 0.1) is 16.6 Å². The van der Waals surface area contributed by atoms with Crippen LogP contribution < -0.4 is 5.56 Å². The monoisotopic (exact) mass is 534 g/mol. The molecule has 0 amide bonds. The van der Waals surface area contributed by atoms with E-state index in [9.17, 15) is 4.79 Å². The van der Waals surface area contributed by atoms with E-state index >= 15 is 0 Å². The summed E-state index contributed by atoms with van der Waals surface area (Å²) in [4.78, 5) is 17.8. The number of fused-ring (bicyclic) bond motifs is 1. The minimum absolute atomic E-state index is 0.0106. The Kier molecular flexibility index (Phi) is 5.08. The van der Waals surface area contributed by atoms with Gasteiger partial charge in [0.1, 0.15) is 0 Å². The molecule has 0 saturated carbocycles. The van der Waals surface area contributed by atoms with Gasteiger partial charge in [-0.05, 0) is 75.2 Å². The lowest BCUT2D eigenvalue weighted by molar-refractivity contribution is 0.819. The van der Waals surface area contributed by atoms with Gasteiger partial charge in [0.25, 0.3) is 5.56 Å². The summed E-state index contributed by atoms with van der Waals surface area (Å²) in [5.74, 6) is 0.867. The lowest BCUT2D eigenvalue weighted by Crippen LogP contribution is -2.22. The first-order valence-electron chi connectivity index (χ1n) is 6.72. The fraction of sp³-hybridized carbons (Fsp3) is 0.125. The molecule has 6 heteroatoms. The highest BCUT2D eigenvalue weighted by molar-refractivity contribution is 14.1. The molecule has 1 heterocycles. The number of aromatic nitrogens is 2. The van der Waals surface area contributed by atoms with Crippen molar-refractivity contribution < 1.29 is 0 Å². The van der Waals surface area contributed by atoms with Crippen LogP contribution >= 0.6 is 56.9 Å². The Morgan fingerprint density at radius 2 is 1.91 bits per heavy atom. The van der Waals surface area contributed by atoms with Crippen molar-refractivity contribution in [2.75, 3.05) is 5.75 Å². The largest absolute Gasteiger partial charge is 0.268 e. The molecule has 112 valence electrons. The molecule has 0 bridgehead atoms. The molecule has 0 N–H and O–H groups in total. The zero-order valence-corrected chi connectivity index (χ0v) is 16.8. The topological polar surface area (TPSA) is 34.9 Å². The van der Waals surface area contributed by atoms with Crippen molar-refractivity contribution in [2.24, 2.45) is 0 Å². The van der Waals surface area contributed by atoms with E-state index in [0.29, 0.717) is 5.39 Å². The van der Waals surface area contributed by atoms with Crippen LogP contribution in [0, 0.1) is 7.14 Å². The van der Waals surface area contributed by atoms with Gasteiger partial charge in [-0.1, -0.05) is 36.9 Å². The van der Waals surface area contributed by atoms with E-state index in [1.165, 1.54) is 0 Å². The molecule has 3 rings (SSSR count). The molecular weight excluding hydrogens is 522 g/mol. The van der Waals surface area contributed by atoms with Gasteiger partial charge in [0.15, 0.2) is 5.16 Å². The molecule has 0 fully saturated rings. The molecule has 0 aliphatic carbocycles. The molecule has 0 unspecified atom stereocenters. The van der Waals surface area contributed by atoms with Gasteiger partial charge in [0.2, 0.25) is 0 Å². The van der Waals surface area contributed by atoms with E-state index in [-0.39, 0.29) is 5.56 Å². The molecule has 0 spiro atoms. The maximum atomic E-state index is 13.0. The number of para-hydroxylation sites is 1. The van der Waals surface area contributed by atoms with E-state index in [2.05, 4.69) is 52.1 Å². The molecule has 1 aromatic heterocycles. The van der Waals surface area contributed by atoms with E-state index in [1.54, 1.807) is 16.3 Å². The lowest BCUT2D eigenvalue weighted by Gasteiger charge is -2.13. The number of rotatable bonds is 3. The zero-order chi connectivity index (χ0) is 15.7. The second-order valence-electron chi connectivity index (χ2n) is 4.59. The number of nitrogens with zero attached hydrogens (tertiary/aromatic N) is 2. The van der Waals surface area contributed by atoms with Crippen LogP contribution in [0.1, 0.15) is 6.92 Å². The summed E-state index contributed by atoms with van der Waals surface area (Å²) in [6.07, 6.45) is 0. The van der Waals surface area contributed by atoms with Crippen LogP contribution in [0.3, 0.4) is 0 Å². The van der Waals surface area contributed by atoms with E-state index in [1.807, 2.05) is 42.5 Å². The van der Waals surface area contributed by atoms with Crippen LogP contribution in [0.2, 0.25) is 0 Å². The van der Waals surface area contributed by atoms with Gasteiger partial charge < -0.3 is 0 Å². The van der Waals surface area contributed by atoms with Gasteiger partial charge in [0, 0.05) is 7.14 Å². The van der Waals surface area contributed by atoms with Crippen LogP contribution in [-0.4, -0.2) is 15.3 Å². The number of halogens is 2. The molecule has 2 aromatic carbocycles. The van der Waals surface area contributed by atoms with E-state index < -0.39 is 0 Å². The normalized spacial score (nSPS) is 11.0. The Morgan fingerprint density at radius 3 is 2.59 bits per heavy atom. The molecule has 0 aliphatic rings. The first kappa shape index (κ1) is 16.3. The van der Waals surface area contributed by atoms with Gasteiger partial charge in [-0.3, -0.25) is 9.36 Å². The van der Waals surface area contributed by atoms with Crippen molar-refractivity contribution in [3.05, 3.63) is 60.0 Å². The van der Waals surface area contributed by atoms with Crippen molar-refractivity contribution in [1.82, 2.24) is 9.55 Å². The third-order valence-electron chi connectivity index (χ3n) is 3.15. The molecular formula is C16H12I2N2OS. The van der Waals surface area contributed by atoms with Crippen LogP contribution in [0.4, 0.5) is 0 Å². The predicted molar refractivity (Wildman–Crippen MR) is 109 cm³/mol. The molecule has 0 radical (unpaired) electrons. The summed E-state index contributed by atoms with van der Waals surface area (Å²) in [5.41, 5.74) is 1.63. The summed E-state index contributed by atoms with van der Waals surface area (Å²) >= 11 is 6.07. The first-order chi connectivity index (χ1) is 10.6. The predicted octanol–water partition coefficient (Wildman–Crippen LogP) is 4.71. The minimum atomic E-state index is -0.0106. The van der Waals surface area contributed by atoms with Crippen molar-refractivity contribution in [2.45, 2.75) is 12.1 Å². The Labute approximate surface area is 159 Å². The van der Waals surface area contributed by atoms with Gasteiger partial charge in [-0.2, -0.15) is 0 Å². The van der Waals surface area contributed by atoms with E-state index in [0.717, 1.165) is 29.3 Å². The molecule has 22 heavy (non-hydrogen) atoms. The zero-order valence-electron chi connectivity index (χ0n) is 11.7. The van der Waals surface area contributed by atoms with Gasteiger partial charge in [-0.15, -0.1) is 0 Å². The Morgan fingerprint density at radius 1 is 1.18 bits per heavy atom. The molecule has 3 nitrogen and oxygen atoms in total. The van der Waals surface area contributed by atoms with E-state index in [4.69, 9.17) is 4.98 Å². The summed E-state index contributed by atoms with van der Waals surface area (Å²) in [6.45, 7) is 2.06. The summed E-state index contributed by atoms with van der Waals surface area (Å²) in [6, 6.07) is 13.6. The molecule has 0 saturated heterocycles. The fourth-order valence-electron chi connectivity index (χ4n) is 2.23. The smallest absolute Gasteiger partial charge is 0.266 e. The molecule has 0 atom stereocenters. The van der Waals surface area contributed by atoms with Crippen LogP contribution in [0.15, 0.2) is 52.4 Å². The van der Waals surface area contributed by atoms with Crippen LogP contribution in [0.25, 0.3) is 16.6 Å². The number of hydrogen-bond acceptors (Lipinski definition) is 3. The molecule has 3 aromatic rings. The second-order valence-corrected chi connectivity index (χ2v) is 8.23. The summed E-state index contributed by atoms with van der Waals surface area (Å²) < 4.78 is 3.77. The van der Waals surface area contributed by atoms with Crippen molar-refractivity contribution >= 4 is 67.8 Å². The van der Waals surface area contributed by atoms with Crippen LogP contribution in [0.5, 0.6) is 0 Å². The third-order valence-corrected chi connectivity index (χ3v) is 5.41. The average molecular weight is 534 g/mol. The Bertz CT molecular complexity index is 894. The maximum absolute atomic E-state index is 13.0. The SMILES string of the molecule is CCSc1nc2c(I)cc(I)cc2c(=O)n1-c1ccccc1.